The lowest BCUT2D eigenvalue weighted by atomic mass is 10.1. The fourth-order valence-electron chi connectivity index (χ4n) is 2.36. The van der Waals surface area contributed by atoms with Crippen molar-refractivity contribution in [1.82, 2.24) is 0 Å². The third-order valence-corrected chi connectivity index (χ3v) is 4.96. The summed E-state index contributed by atoms with van der Waals surface area (Å²) < 4.78 is 11.7. The maximum Gasteiger partial charge on any atom is 0.401 e. The van der Waals surface area contributed by atoms with E-state index in [1.165, 1.54) is 11.1 Å². The van der Waals surface area contributed by atoms with Gasteiger partial charge in [0.1, 0.15) is 11.5 Å². The third-order valence-electron chi connectivity index (χ3n) is 3.87. The molecule has 0 saturated heterocycles. The zero-order valence-corrected chi connectivity index (χ0v) is 15.6. The molecule has 0 unspecified atom stereocenters. The highest BCUT2D eigenvalue weighted by Crippen LogP contribution is 2.47. The molecular formula is C18H22ClO2P. The smallest absolute Gasteiger partial charge is 0.401 e. The molecule has 0 spiro atoms. The first kappa shape index (κ1) is 17.1. The molecule has 0 N–H and O–H groups in total. The Morgan fingerprint density at radius 2 is 1.05 bits per heavy atom. The molecule has 0 aliphatic rings. The Morgan fingerprint density at radius 1 is 0.682 bits per heavy atom. The Balaban J connectivity index is 2.19. The molecule has 118 valence electrons. The summed E-state index contributed by atoms with van der Waals surface area (Å²) in [5, 5.41) is 0. The maximum atomic E-state index is 6.32. The van der Waals surface area contributed by atoms with Gasteiger partial charge in [-0.1, -0.05) is 12.1 Å². The zero-order valence-electron chi connectivity index (χ0n) is 14.0. The van der Waals surface area contributed by atoms with E-state index in [1.54, 1.807) is 0 Å². The summed E-state index contributed by atoms with van der Waals surface area (Å²) in [5.74, 6) is 1.58. The van der Waals surface area contributed by atoms with Gasteiger partial charge in [0, 0.05) is 0 Å². The lowest BCUT2D eigenvalue weighted by molar-refractivity contribution is 0.502. The largest absolute Gasteiger partial charge is 0.427 e. The van der Waals surface area contributed by atoms with Gasteiger partial charge >= 0.3 is 7.73 Å². The summed E-state index contributed by atoms with van der Waals surface area (Å²) in [6, 6.07) is 8.26. The Labute approximate surface area is 139 Å². The summed E-state index contributed by atoms with van der Waals surface area (Å²) in [7, 11) is -1.54. The molecular weight excluding hydrogens is 315 g/mol. The van der Waals surface area contributed by atoms with Crippen LogP contribution in [0.4, 0.5) is 0 Å². The Morgan fingerprint density at radius 3 is 1.41 bits per heavy atom. The first-order valence-electron chi connectivity index (χ1n) is 7.25. The van der Waals surface area contributed by atoms with Crippen molar-refractivity contribution in [3.63, 3.8) is 0 Å². The van der Waals surface area contributed by atoms with Gasteiger partial charge in [0.25, 0.3) is 0 Å². The minimum absolute atomic E-state index is 0.792. The molecule has 0 amide bonds. The summed E-state index contributed by atoms with van der Waals surface area (Å²) in [6.07, 6.45) is 0. The molecule has 22 heavy (non-hydrogen) atoms. The van der Waals surface area contributed by atoms with Crippen LogP contribution in [0.3, 0.4) is 0 Å². The quantitative estimate of drug-likeness (QED) is 0.596. The molecule has 0 heterocycles. The molecule has 0 atom stereocenters. The Kier molecular flexibility index (Phi) is 5.36. The summed E-state index contributed by atoms with van der Waals surface area (Å²) in [5.41, 5.74) is 6.88. The standard InChI is InChI=1S/C18H22ClO2P/c1-11-7-13(3)15(5)17(9-11)20-22(19)21-18-10-12(2)8-14(4)16(18)6/h7-10H,1-6H3. The predicted molar refractivity (Wildman–Crippen MR) is 95.3 cm³/mol. The van der Waals surface area contributed by atoms with Crippen LogP contribution in [-0.2, 0) is 0 Å². The van der Waals surface area contributed by atoms with Crippen LogP contribution < -0.4 is 9.05 Å². The Hall–Kier alpha value is -1.24. The second-order valence-electron chi connectivity index (χ2n) is 5.81. The highest BCUT2D eigenvalue weighted by molar-refractivity contribution is 7.76. The molecule has 2 rings (SSSR count). The molecule has 0 aromatic heterocycles. The van der Waals surface area contributed by atoms with Gasteiger partial charge in [0.2, 0.25) is 0 Å². The minimum atomic E-state index is -1.54. The van der Waals surface area contributed by atoms with E-state index in [4.69, 9.17) is 20.3 Å². The molecule has 0 bridgehead atoms. The Bertz CT molecular complexity index is 638. The van der Waals surface area contributed by atoms with Gasteiger partial charge in [-0.2, -0.15) is 0 Å². The maximum absolute atomic E-state index is 6.32. The lowest BCUT2D eigenvalue weighted by Gasteiger charge is -2.17. The van der Waals surface area contributed by atoms with E-state index in [1.807, 2.05) is 39.8 Å². The van der Waals surface area contributed by atoms with Gasteiger partial charge in [0.15, 0.2) is 0 Å². The molecule has 4 heteroatoms. The first-order valence-corrected chi connectivity index (χ1v) is 9.33. The van der Waals surface area contributed by atoms with E-state index in [0.717, 1.165) is 33.8 Å². The van der Waals surface area contributed by atoms with Gasteiger partial charge < -0.3 is 9.05 Å². The summed E-state index contributed by atoms with van der Waals surface area (Å²) in [4.78, 5) is 0. The van der Waals surface area contributed by atoms with Crippen molar-refractivity contribution in [2.45, 2.75) is 41.5 Å². The molecule has 0 radical (unpaired) electrons. The van der Waals surface area contributed by atoms with E-state index in [9.17, 15) is 0 Å². The number of halogens is 1. The second-order valence-corrected chi connectivity index (χ2v) is 7.42. The van der Waals surface area contributed by atoms with Crippen LogP contribution in [0.2, 0.25) is 0 Å². The summed E-state index contributed by atoms with van der Waals surface area (Å²) in [6.45, 7) is 12.3. The van der Waals surface area contributed by atoms with Crippen LogP contribution in [0.25, 0.3) is 0 Å². The SMILES string of the molecule is Cc1cc(C)c(C)c(OP(Cl)Oc2cc(C)cc(C)c2C)c1. The fourth-order valence-corrected chi connectivity index (χ4v) is 3.54. The number of benzene rings is 2. The number of hydrogen-bond acceptors (Lipinski definition) is 2. The first-order chi connectivity index (χ1) is 10.3. The molecule has 2 nitrogen and oxygen atoms in total. The predicted octanol–water partition coefficient (Wildman–Crippen LogP) is 6.46. The third kappa shape index (κ3) is 3.94. The van der Waals surface area contributed by atoms with Crippen molar-refractivity contribution in [3.8, 4) is 11.5 Å². The second kappa shape index (κ2) is 6.89. The zero-order chi connectivity index (χ0) is 16.4. The molecule has 0 aliphatic heterocycles. The number of aryl methyl sites for hydroxylation is 4. The van der Waals surface area contributed by atoms with Crippen LogP contribution in [0.5, 0.6) is 11.5 Å². The molecule has 0 saturated carbocycles. The van der Waals surface area contributed by atoms with Crippen LogP contribution in [0.1, 0.15) is 33.4 Å². The lowest BCUT2D eigenvalue weighted by Crippen LogP contribution is -1.97. The average molecular weight is 337 g/mol. The van der Waals surface area contributed by atoms with Crippen LogP contribution in [0.15, 0.2) is 24.3 Å². The van der Waals surface area contributed by atoms with Crippen molar-refractivity contribution in [1.29, 1.82) is 0 Å². The highest BCUT2D eigenvalue weighted by Gasteiger charge is 2.16. The van der Waals surface area contributed by atoms with E-state index in [2.05, 4.69) is 26.0 Å². The van der Waals surface area contributed by atoms with Crippen molar-refractivity contribution in [2.24, 2.45) is 0 Å². The van der Waals surface area contributed by atoms with Crippen molar-refractivity contribution in [3.05, 3.63) is 57.6 Å². The highest BCUT2D eigenvalue weighted by atomic mass is 35.7. The van der Waals surface area contributed by atoms with Gasteiger partial charge in [0.05, 0.1) is 0 Å². The molecule has 0 fully saturated rings. The van der Waals surface area contributed by atoms with Crippen LogP contribution in [0, 0.1) is 41.5 Å². The number of hydrogen-bond donors (Lipinski definition) is 0. The van der Waals surface area contributed by atoms with Crippen LogP contribution in [-0.4, -0.2) is 0 Å². The molecule has 2 aromatic carbocycles. The fraction of sp³-hybridized carbons (Fsp3) is 0.333. The van der Waals surface area contributed by atoms with Gasteiger partial charge in [-0.15, -0.1) is 0 Å². The van der Waals surface area contributed by atoms with E-state index >= 15 is 0 Å². The van der Waals surface area contributed by atoms with Crippen molar-refractivity contribution < 1.29 is 9.05 Å². The molecule has 0 aliphatic carbocycles. The minimum Gasteiger partial charge on any atom is -0.427 e. The monoisotopic (exact) mass is 336 g/mol. The van der Waals surface area contributed by atoms with Crippen LogP contribution >= 0.6 is 19.0 Å². The van der Waals surface area contributed by atoms with E-state index in [-0.39, 0.29) is 0 Å². The average Bonchev–Trinajstić information content (AvgIpc) is 2.41. The van der Waals surface area contributed by atoms with Crippen molar-refractivity contribution in [2.75, 3.05) is 0 Å². The van der Waals surface area contributed by atoms with Gasteiger partial charge in [-0.3, -0.25) is 0 Å². The van der Waals surface area contributed by atoms with Gasteiger partial charge in [-0.25, -0.2) is 0 Å². The van der Waals surface area contributed by atoms with Gasteiger partial charge in [-0.05, 0) is 98.3 Å². The van der Waals surface area contributed by atoms with Crippen molar-refractivity contribution >= 4 is 19.0 Å². The topological polar surface area (TPSA) is 18.5 Å². The van der Waals surface area contributed by atoms with E-state index in [0.29, 0.717) is 0 Å². The molecule has 2 aromatic rings. The number of rotatable bonds is 4. The summed E-state index contributed by atoms with van der Waals surface area (Å²) >= 11 is 6.32. The normalized spacial score (nSPS) is 10.9. The van der Waals surface area contributed by atoms with E-state index < -0.39 is 7.73 Å².